The number of aliphatic hydroxyl groups excluding tert-OH is 1. The molecule has 0 radical (unpaired) electrons. The molecule has 0 amide bonds. The zero-order valence-electron chi connectivity index (χ0n) is 11.9. The Hall–Kier alpha value is -2.01. The maximum atomic E-state index is 9.16. The summed E-state index contributed by atoms with van der Waals surface area (Å²) in [5.74, 6) is 1.33. The average Bonchev–Trinajstić information content (AvgIpc) is 2.93. The quantitative estimate of drug-likeness (QED) is 0.843. The first-order valence-electron chi connectivity index (χ1n) is 6.76. The van der Waals surface area contributed by atoms with Gasteiger partial charge in [0.1, 0.15) is 6.61 Å². The fourth-order valence-corrected chi connectivity index (χ4v) is 1.94. The lowest BCUT2D eigenvalue weighted by molar-refractivity contribution is 0.259. The second-order valence-corrected chi connectivity index (χ2v) is 4.33. The maximum absolute atomic E-state index is 9.16. The third-order valence-corrected chi connectivity index (χ3v) is 3.01. The van der Waals surface area contributed by atoms with Gasteiger partial charge in [-0.25, -0.2) is 4.98 Å². The van der Waals surface area contributed by atoms with Crippen LogP contribution < -0.4 is 9.47 Å². The predicted octanol–water partition coefficient (Wildman–Crippen LogP) is 2.37. The Kier molecular flexibility index (Phi) is 5.01. The molecule has 20 heavy (non-hydrogen) atoms. The van der Waals surface area contributed by atoms with Gasteiger partial charge in [0.2, 0.25) is 0 Å². The summed E-state index contributed by atoms with van der Waals surface area (Å²) in [5.41, 5.74) is 1.82. The van der Waals surface area contributed by atoms with Crippen LogP contribution in [0.5, 0.6) is 11.5 Å². The summed E-state index contributed by atoms with van der Waals surface area (Å²) in [5, 5.41) is 9.16. The zero-order chi connectivity index (χ0) is 14.4. The van der Waals surface area contributed by atoms with Crippen LogP contribution in [0.2, 0.25) is 0 Å². The minimum Gasteiger partial charge on any atom is -0.490 e. The van der Waals surface area contributed by atoms with Crippen molar-refractivity contribution in [2.45, 2.75) is 33.6 Å². The monoisotopic (exact) mass is 276 g/mol. The molecular weight excluding hydrogens is 256 g/mol. The summed E-state index contributed by atoms with van der Waals surface area (Å²) in [6, 6.07) is 5.45. The minimum absolute atomic E-state index is 0.0110. The van der Waals surface area contributed by atoms with Gasteiger partial charge in [-0.05, 0) is 31.5 Å². The third-order valence-electron chi connectivity index (χ3n) is 3.01. The second kappa shape index (κ2) is 6.96. The van der Waals surface area contributed by atoms with E-state index in [1.807, 2.05) is 23.6 Å². The molecule has 1 aromatic heterocycles. The van der Waals surface area contributed by atoms with E-state index in [0.29, 0.717) is 24.7 Å². The van der Waals surface area contributed by atoms with E-state index in [0.717, 1.165) is 17.8 Å². The van der Waals surface area contributed by atoms with Crippen molar-refractivity contribution in [1.29, 1.82) is 0 Å². The van der Waals surface area contributed by atoms with Gasteiger partial charge in [0.15, 0.2) is 11.5 Å². The number of imidazole rings is 1. The third kappa shape index (κ3) is 3.30. The van der Waals surface area contributed by atoms with Crippen LogP contribution in [0, 0.1) is 0 Å². The number of aryl methyl sites for hydroxylation is 1. The second-order valence-electron chi connectivity index (χ2n) is 4.33. The van der Waals surface area contributed by atoms with E-state index in [4.69, 9.17) is 14.6 Å². The van der Waals surface area contributed by atoms with Crippen molar-refractivity contribution in [2.75, 3.05) is 6.61 Å². The first-order valence-corrected chi connectivity index (χ1v) is 6.76. The van der Waals surface area contributed by atoms with E-state index in [1.54, 1.807) is 18.6 Å². The van der Waals surface area contributed by atoms with Crippen LogP contribution in [-0.2, 0) is 19.8 Å². The highest BCUT2D eigenvalue weighted by Crippen LogP contribution is 2.29. The van der Waals surface area contributed by atoms with Gasteiger partial charge < -0.3 is 19.1 Å². The molecule has 0 bridgehead atoms. The van der Waals surface area contributed by atoms with Crippen molar-refractivity contribution < 1.29 is 14.6 Å². The smallest absolute Gasteiger partial charge is 0.161 e. The molecule has 0 saturated heterocycles. The normalized spacial score (nSPS) is 10.6. The van der Waals surface area contributed by atoms with Crippen molar-refractivity contribution in [3.05, 3.63) is 42.0 Å². The molecule has 1 N–H and O–H groups in total. The molecule has 1 aromatic carbocycles. The Morgan fingerprint density at radius 1 is 1.20 bits per heavy atom. The van der Waals surface area contributed by atoms with Crippen molar-refractivity contribution in [1.82, 2.24) is 9.55 Å². The molecule has 0 unspecified atom stereocenters. The van der Waals surface area contributed by atoms with Crippen LogP contribution in [0.15, 0.2) is 30.7 Å². The Bertz CT molecular complexity index is 552. The molecule has 108 valence electrons. The largest absolute Gasteiger partial charge is 0.490 e. The number of aromatic nitrogens is 2. The molecular formula is C15H20N2O3. The highest BCUT2D eigenvalue weighted by molar-refractivity contribution is 5.42. The van der Waals surface area contributed by atoms with Gasteiger partial charge in [0, 0.05) is 6.54 Å². The SMILES string of the molecule is CCOc1cc(CO)ccc1OCc1cncn1CC. The molecule has 5 nitrogen and oxygen atoms in total. The van der Waals surface area contributed by atoms with Gasteiger partial charge in [-0.2, -0.15) is 0 Å². The summed E-state index contributed by atoms with van der Waals surface area (Å²) in [4.78, 5) is 4.11. The van der Waals surface area contributed by atoms with Crippen molar-refractivity contribution in [2.24, 2.45) is 0 Å². The number of benzene rings is 1. The lowest BCUT2D eigenvalue weighted by Gasteiger charge is -2.13. The summed E-state index contributed by atoms with van der Waals surface area (Å²) < 4.78 is 13.4. The lowest BCUT2D eigenvalue weighted by Crippen LogP contribution is -2.05. The van der Waals surface area contributed by atoms with Gasteiger partial charge >= 0.3 is 0 Å². The molecule has 2 rings (SSSR count). The fourth-order valence-electron chi connectivity index (χ4n) is 1.94. The van der Waals surface area contributed by atoms with E-state index in [-0.39, 0.29) is 6.61 Å². The maximum Gasteiger partial charge on any atom is 0.161 e. The van der Waals surface area contributed by atoms with E-state index < -0.39 is 0 Å². The highest BCUT2D eigenvalue weighted by atomic mass is 16.5. The Balaban J connectivity index is 2.12. The van der Waals surface area contributed by atoms with Crippen LogP contribution in [-0.4, -0.2) is 21.3 Å². The van der Waals surface area contributed by atoms with Gasteiger partial charge in [-0.15, -0.1) is 0 Å². The average molecular weight is 276 g/mol. The van der Waals surface area contributed by atoms with E-state index in [1.165, 1.54) is 0 Å². The summed E-state index contributed by atoms with van der Waals surface area (Å²) in [6.45, 7) is 5.82. The molecule has 1 heterocycles. The van der Waals surface area contributed by atoms with Gasteiger partial charge in [0.05, 0.1) is 31.4 Å². The number of ether oxygens (including phenoxy) is 2. The molecule has 0 aliphatic heterocycles. The van der Waals surface area contributed by atoms with Gasteiger partial charge in [-0.3, -0.25) is 0 Å². The molecule has 0 spiro atoms. The zero-order valence-corrected chi connectivity index (χ0v) is 11.9. The van der Waals surface area contributed by atoms with Crippen LogP contribution in [0.1, 0.15) is 25.1 Å². The van der Waals surface area contributed by atoms with Crippen molar-refractivity contribution >= 4 is 0 Å². The summed E-state index contributed by atoms with van der Waals surface area (Å²) in [7, 11) is 0. The first kappa shape index (κ1) is 14.4. The number of nitrogens with zero attached hydrogens (tertiary/aromatic N) is 2. The summed E-state index contributed by atoms with van der Waals surface area (Å²) in [6.07, 6.45) is 3.59. The lowest BCUT2D eigenvalue weighted by atomic mass is 10.2. The molecule has 5 heteroatoms. The number of hydrogen-bond acceptors (Lipinski definition) is 4. The first-order chi connectivity index (χ1) is 9.78. The Morgan fingerprint density at radius 3 is 2.75 bits per heavy atom. The predicted molar refractivity (Wildman–Crippen MR) is 75.8 cm³/mol. The van der Waals surface area contributed by atoms with Gasteiger partial charge in [0.25, 0.3) is 0 Å². The Labute approximate surface area is 118 Å². The van der Waals surface area contributed by atoms with Crippen LogP contribution in [0.25, 0.3) is 0 Å². The minimum atomic E-state index is -0.0110. The highest BCUT2D eigenvalue weighted by Gasteiger charge is 2.08. The number of hydrogen-bond donors (Lipinski definition) is 1. The molecule has 0 saturated carbocycles. The molecule has 0 aliphatic carbocycles. The van der Waals surface area contributed by atoms with Crippen molar-refractivity contribution in [3.63, 3.8) is 0 Å². The van der Waals surface area contributed by atoms with Crippen LogP contribution in [0.4, 0.5) is 0 Å². The van der Waals surface area contributed by atoms with Crippen LogP contribution >= 0.6 is 0 Å². The molecule has 0 aliphatic rings. The molecule has 0 fully saturated rings. The standard InChI is InChI=1S/C15H20N2O3/c1-3-17-11-16-8-13(17)10-20-14-6-5-12(9-18)7-15(14)19-4-2/h5-8,11,18H,3-4,9-10H2,1-2H3. The fraction of sp³-hybridized carbons (Fsp3) is 0.400. The number of aliphatic hydroxyl groups is 1. The summed E-state index contributed by atoms with van der Waals surface area (Å²) >= 11 is 0. The van der Waals surface area contributed by atoms with Crippen LogP contribution in [0.3, 0.4) is 0 Å². The van der Waals surface area contributed by atoms with Crippen molar-refractivity contribution in [3.8, 4) is 11.5 Å². The molecule has 2 aromatic rings. The Morgan fingerprint density at radius 2 is 2.05 bits per heavy atom. The van der Waals surface area contributed by atoms with E-state index >= 15 is 0 Å². The molecule has 0 atom stereocenters. The number of rotatable bonds is 7. The van der Waals surface area contributed by atoms with Gasteiger partial charge in [-0.1, -0.05) is 6.07 Å². The van der Waals surface area contributed by atoms with E-state index in [2.05, 4.69) is 11.9 Å². The topological polar surface area (TPSA) is 56.5 Å². The van der Waals surface area contributed by atoms with E-state index in [9.17, 15) is 0 Å².